The largest absolute Gasteiger partial charge is 0.340 e. The molecular formula is C20H21FN4O2. The molecule has 140 valence electrons. The number of hydrogen-bond donors (Lipinski definition) is 3. The summed E-state index contributed by atoms with van der Waals surface area (Å²) in [5, 5.41) is 5.47. The highest BCUT2D eigenvalue weighted by atomic mass is 19.1. The Bertz CT molecular complexity index is 919. The van der Waals surface area contributed by atoms with Gasteiger partial charge in [-0.15, -0.1) is 0 Å². The average molecular weight is 368 g/mol. The van der Waals surface area contributed by atoms with Crippen molar-refractivity contribution in [3.05, 3.63) is 59.9 Å². The molecule has 0 saturated heterocycles. The van der Waals surface area contributed by atoms with Crippen molar-refractivity contribution in [3.63, 3.8) is 0 Å². The summed E-state index contributed by atoms with van der Waals surface area (Å²) < 4.78 is 13.0. The number of carbonyl (C=O) groups excluding carboxylic acids is 2. The van der Waals surface area contributed by atoms with Gasteiger partial charge in [0.15, 0.2) is 0 Å². The molecule has 27 heavy (non-hydrogen) atoms. The number of H-pyrrole nitrogens is 1. The number of rotatable bonds is 6. The lowest BCUT2D eigenvalue weighted by molar-refractivity contribution is -0.119. The van der Waals surface area contributed by atoms with Crippen molar-refractivity contribution in [2.24, 2.45) is 5.92 Å². The van der Waals surface area contributed by atoms with Crippen LogP contribution < -0.4 is 10.6 Å². The van der Waals surface area contributed by atoms with Crippen LogP contribution in [0, 0.1) is 11.7 Å². The van der Waals surface area contributed by atoms with E-state index in [1.807, 2.05) is 38.1 Å². The summed E-state index contributed by atoms with van der Waals surface area (Å²) in [4.78, 5) is 32.6. The van der Waals surface area contributed by atoms with Crippen LogP contribution in [-0.2, 0) is 4.79 Å². The first-order valence-electron chi connectivity index (χ1n) is 8.80. The molecule has 7 heteroatoms. The second-order valence-electron chi connectivity index (χ2n) is 6.44. The van der Waals surface area contributed by atoms with Crippen LogP contribution in [0.5, 0.6) is 0 Å². The predicted molar refractivity (Wildman–Crippen MR) is 102 cm³/mol. The lowest BCUT2D eigenvalue weighted by atomic mass is 9.98. The van der Waals surface area contributed by atoms with Crippen LogP contribution in [0.4, 0.5) is 10.3 Å². The molecule has 3 aromatic rings. The van der Waals surface area contributed by atoms with Gasteiger partial charge in [-0.05, 0) is 42.3 Å². The van der Waals surface area contributed by atoms with Gasteiger partial charge in [0.2, 0.25) is 11.9 Å². The maximum atomic E-state index is 13.0. The van der Waals surface area contributed by atoms with Crippen molar-refractivity contribution in [1.82, 2.24) is 15.3 Å². The first-order valence-corrected chi connectivity index (χ1v) is 8.80. The maximum absolute atomic E-state index is 13.0. The zero-order valence-corrected chi connectivity index (χ0v) is 15.1. The number of carbonyl (C=O) groups is 2. The number of halogens is 1. The number of aromatic amines is 1. The maximum Gasteiger partial charge on any atom is 0.251 e. The normalized spacial score (nSPS) is 13.1. The fourth-order valence-electron chi connectivity index (χ4n) is 2.73. The SMILES string of the molecule is CC[C@H](C)[C@@H](NC(=O)c1ccc(F)cc1)C(=O)Nc1nc2ccccc2[nH]1. The number of benzene rings is 2. The van der Waals surface area contributed by atoms with Gasteiger partial charge in [-0.1, -0.05) is 32.4 Å². The van der Waals surface area contributed by atoms with E-state index in [-0.39, 0.29) is 11.8 Å². The lowest BCUT2D eigenvalue weighted by Gasteiger charge is -2.23. The van der Waals surface area contributed by atoms with Crippen molar-refractivity contribution in [1.29, 1.82) is 0 Å². The Labute approximate surface area is 156 Å². The smallest absolute Gasteiger partial charge is 0.251 e. The summed E-state index contributed by atoms with van der Waals surface area (Å²) in [5.41, 5.74) is 1.84. The van der Waals surface area contributed by atoms with E-state index in [4.69, 9.17) is 0 Å². The molecule has 0 radical (unpaired) electrons. The molecule has 0 aliphatic rings. The summed E-state index contributed by atoms with van der Waals surface area (Å²) in [6.45, 7) is 3.82. The third kappa shape index (κ3) is 4.31. The Hall–Kier alpha value is -3.22. The number of hydrogen-bond acceptors (Lipinski definition) is 3. The highest BCUT2D eigenvalue weighted by Crippen LogP contribution is 2.16. The van der Waals surface area contributed by atoms with E-state index in [1.54, 1.807) is 0 Å². The van der Waals surface area contributed by atoms with Gasteiger partial charge in [0, 0.05) is 5.56 Å². The van der Waals surface area contributed by atoms with E-state index in [0.717, 1.165) is 11.0 Å². The second kappa shape index (κ2) is 7.99. The van der Waals surface area contributed by atoms with Gasteiger partial charge in [-0.3, -0.25) is 14.9 Å². The minimum absolute atomic E-state index is 0.0984. The molecule has 6 nitrogen and oxygen atoms in total. The van der Waals surface area contributed by atoms with Gasteiger partial charge in [-0.25, -0.2) is 9.37 Å². The van der Waals surface area contributed by atoms with E-state index in [1.165, 1.54) is 24.3 Å². The summed E-state index contributed by atoms with van der Waals surface area (Å²) in [7, 11) is 0. The van der Waals surface area contributed by atoms with Crippen LogP contribution in [-0.4, -0.2) is 27.8 Å². The van der Waals surface area contributed by atoms with E-state index in [0.29, 0.717) is 17.9 Å². The van der Waals surface area contributed by atoms with Gasteiger partial charge >= 0.3 is 0 Å². The molecule has 0 aliphatic carbocycles. The monoisotopic (exact) mass is 368 g/mol. The summed E-state index contributed by atoms with van der Waals surface area (Å²) in [6.07, 6.45) is 0.696. The molecule has 2 aromatic carbocycles. The fraction of sp³-hybridized carbons (Fsp3) is 0.250. The highest BCUT2D eigenvalue weighted by molar-refractivity contribution is 6.01. The van der Waals surface area contributed by atoms with Crippen LogP contribution in [0.25, 0.3) is 11.0 Å². The minimum Gasteiger partial charge on any atom is -0.340 e. The number of para-hydroxylation sites is 2. The molecule has 2 amide bonds. The number of aromatic nitrogens is 2. The number of imidazole rings is 1. The van der Waals surface area contributed by atoms with Gasteiger partial charge in [-0.2, -0.15) is 0 Å². The quantitative estimate of drug-likeness (QED) is 0.622. The Morgan fingerprint density at radius 2 is 1.85 bits per heavy atom. The van der Waals surface area contributed by atoms with E-state index < -0.39 is 17.8 Å². The molecule has 0 bridgehead atoms. The predicted octanol–water partition coefficient (Wildman–Crippen LogP) is 3.49. The number of anilines is 1. The first-order chi connectivity index (χ1) is 13.0. The van der Waals surface area contributed by atoms with Crippen molar-refractivity contribution in [2.75, 3.05) is 5.32 Å². The Balaban J connectivity index is 1.75. The fourth-order valence-corrected chi connectivity index (χ4v) is 2.73. The second-order valence-corrected chi connectivity index (χ2v) is 6.44. The molecule has 0 fully saturated rings. The van der Waals surface area contributed by atoms with Crippen LogP contribution >= 0.6 is 0 Å². The van der Waals surface area contributed by atoms with Crippen molar-refractivity contribution in [3.8, 4) is 0 Å². The highest BCUT2D eigenvalue weighted by Gasteiger charge is 2.27. The molecule has 3 N–H and O–H groups in total. The van der Waals surface area contributed by atoms with E-state index in [9.17, 15) is 14.0 Å². The zero-order valence-electron chi connectivity index (χ0n) is 15.1. The zero-order chi connectivity index (χ0) is 19.4. The number of nitrogens with one attached hydrogen (secondary N) is 3. The van der Waals surface area contributed by atoms with Gasteiger partial charge in [0.25, 0.3) is 5.91 Å². The van der Waals surface area contributed by atoms with Gasteiger partial charge in [0.05, 0.1) is 11.0 Å². The summed E-state index contributed by atoms with van der Waals surface area (Å²) in [6, 6.07) is 11.9. The molecule has 2 atom stereocenters. The van der Waals surface area contributed by atoms with Crippen LogP contribution in [0.2, 0.25) is 0 Å². The van der Waals surface area contributed by atoms with Crippen molar-refractivity contribution < 1.29 is 14.0 Å². The third-order valence-electron chi connectivity index (χ3n) is 4.52. The average Bonchev–Trinajstić information content (AvgIpc) is 3.07. The minimum atomic E-state index is -0.749. The van der Waals surface area contributed by atoms with E-state index >= 15 is 0 Å². The van der Waals surface area contributed by atoms with Crippen molar-refractivity contribution >= 4 is 28.8 Å². The molecule has 0 saturated carbocycles. The van der Waals surface area contributed by atoms with Crippen LogP contribution in [0.15, 0.2) is 48.5 Å². The third-order valence-corrected chi connectivity index (χ3v) is 4.52. The number of nitrogens with zero attached hydrogens (tertiary/aromatic N) is 1. The number of amides is 2. The Morgan fingerprint density at radius 3 is 2.52 bits per heavy atom. The lowest BCUT2D eigenvalue weighted by Crippen LogP contribution is -2.47. The molecule has 1 aromatic heterocycles. The van der Waals surface area contributed by atoms with Gasteiger partial charge in [0.1, 0.15) is 11.9 Å². The van der Waals surface area contributed by atoms with Crippen LogP contribution in [0.3, 0.4) is 0 Å². The molecular weight excluding hydrogens is 347 g/mol. The standard InChI is InChI=1S/C20H21FN4O2/c1-3-12(2)17(24-18(26)13-8-10-14(21)11-9-13)19(27)25-20-22-15-6-4-5-7-16(15)23-20/h4-12,17H,3H2,1-2H3,(H,24,26)(H2,22,23,25,27)/t12-,17+/m0/s1. The number of fused-ring (bicyclic) bond motifs is 1. The molecule has 3 rings (SSSR count). The molecule has 0 spiro atoms. The summed E-state index contributed by atoms with van der Waals surface area (Å²) in [5.74, 6) is -0.990. The topological polar surface area (TPSA) is 86.9 Å². The van der Waals surface area contributed by atoms with Gasteiger partial charge < -0.3 is 10.3 Å². The summed E-state index contributed by atoms with van der Waals surface area (Å²) >= 11 is 0. The molecule has 0 unspecified atom stereocenters. The van der Waals surface area contributed by atoms with E-state index in [2.05, 4.69) is 20.6 Å². The van der Waals surface area contributed by atoms with Crippen LogP contribution in [0.1, 0.15) is 30.6 Å². The Kier molecular flexibility index (Phi) is 5.49. The molecule has 1 heterocycles. The first kappa shape index (κ1) is 18.6. The van der Waals surface area contributed by atoms with Crippen molar-refractivity contribution in [2.45, 2.75) is 26.3 Å². The Morgan fingerprint density at radius 1 is 1.15 bits per heavy atom. The molecule has 0 aliphatic heterocycles.